The van der Waals surface area contributed by atoms with Crippen molar-refractivity contribution in [1.82, 2.24) is 14.8 Å². The van der Waals surface area contributed by atoms with Gasteiger partial charge in [0, 0.05) is 5.56 Å². The highest BCUT2D eigenvalue weighted by atomic mass is 79.9. The summed E-state index contributed by atoms with van der Waals surface area (Å²) >= 11 is 3.15. The maximum Gasteiger partial charge on any atom is 0.285 e. The minimum atomic E-state index is -3.67. The van der Waals surface area contributed by atoms with Crippen LogP contribution in [0.2, 0.25) is 0 Å². The Morgan fingerprint density at radius 1 is 1.28 bits per heavy atom. The number of halogens is 1. The number of hydrogen-bond acceptors (Lipinski definition) is 5. The molecule has 0 unspecified atom stereocenters. The summed E-state index contributed by atoms with van der Waals surface area (Å²) in [5.41, 5.74) is 5.93. The Labute approximate surface area is 111 Å². The highest BCUT2D eigenvalue weighted by Crippen LogP contribution is 2.27. The Morgan fingerprint density at radius 2 is 2.00 bits per heavy atom. The standard InChI is InChI=1S/C9H6BrN5O2S/c10-8-12-9(11)13-15(8)7-5-3-1-2-4-6(5)18(16,17)14-7/h1-4H,(H2,11,13). The second-order valence-electron chi connectivity index (χ2n) is 3.54. The number of hydrogen-bond donors (Lipinski definition) is 1. The molecular weight excluding hydrogens is 322 g/mol. The number of nitrogens with two attached hydrogens (primary N) is 1. The first-order valence-corrected chi connectivity index (χ1v) is 7.05. The minimum absolute atomic E-state index is 0.0337. The Morgan fingerprint density at radius 3 is 2.67 bits per heavy atom. The van der Waals surface area contributed by atoms with E-state index in [4.69, 9.17) is 5.73 Å². The van der Waals surface area contributed by atoms with E-state index in [0.717, 1.165) is 0 Å². The van der Waals surface area contributed by atoms with Crippen LogP contribution in [0.25, 0.3) is 0 Å². The summed E-state index contributed by atoms with van der Waals surface area (Å²) in [5.74, 6) is 0.216. The van der Waals surface area contributed by atoms with Crippen molar-refractivity contribution in [2.75, 3.05) is 5.73 Å². The molecule has 0 saturated carbocycles. The van der Waals surface area contributed by atoms with Gasteiger partial charge >= 0.3 is 0 Å². The van der Waals surface area contributed by atoms with Gasteiger partial charge in [-0.15, -0.1) is 9.50 Å². The van der Waals surface area contributed by atoms with Crippen molar-refractivity contribution < 1.29 is 8.42 Å². The molecule has 1 aromatic heterocycles. The van der Waals surface area contributed by atoms with Gasteiger partial charge in [0.15, 0.2) is 5.84 Å². The lowest BCUT2D eigenvalue weighted by atomic mass is 10.2. The number of nitrogen functional groups attached to an aromatic ring is 1. The van der Waals surface area contributed by atoms with E-state index in [1.165, 1.54) is 10.7 Å². The topological polar surface area (TPSA) is 103 Å². The Bertz CT molecular complexity index is 780. The van der Waals surface area contributed by atoms with Crippen molar-refractivity contribution in [3.05, 3.63) is 34.6 Å². The summed E-state index contributed by atoms with van der Waals surface area (Å²) in [6.07, 6.45) is 0. The fourth-order valence-electron chi connectivity index (χ4n) is 1.68. The zero-order valence-electron chi connectivity index (χ0n) is 8.78. The predicted octanol–water partition coefficient (Wildman–Crippen LogP) is 0.620. The van der Waals surface area contributed by atoms with Gasteiger partial charge in [-0.2, -0.15) is 18.1 Å². The predicted molar refractivity (Wildman–Crippen MR) is 67.7 cm³/mol. The summed E-state index contributed by atoms with van der Waals surface area (Å²) in [5, 5.41) is 3.90. The van der Waals surface area contributed by atoms with Gasteiger partial charge in [0.2, 0.25) is 10.7 Å². The maximum atomic E-state index is 11.9. The van der Waals surface area contributed by atoms with Gasteiger partial charge in [0.1, 0.15) is 4.90 Å². The molecule has 0 fully saturated rings. The quantitative estimate of drug-likeness (QED) is 0.763. The van der Waals surface area contributed by atoms with Crippen LogP contribution in [0.5, 0.6) is 0 Å². The van der Waals surface area contributed by atoms with Crippen LogP contribution in [0.15, 0.2) is 38.3 Å². The molecular formula is C9H6BrN5O2S. The first-order valence-electron chi connectivity index (χ1n) is 4.82. The summed E-state index contributed by atoms with van der Waals surface area (Å²) in [6, 6.07) is 6.52. The fourth-order valence-corrected chi connectivity index (χ4v) is 3.30. The normalized spacial score (nSPS) is 16.4. The largest absolute Gasteiger partial charge is 0.366 e. The van der Waals surface area contributed by atoms with E-state index in [-0.39, 0.29) is 16.7 Å². The zero-order chi connectivity index (χ0) is 12.9. The fraction of sp³-hybridized carbons (Fsp3) is 0. The van der Waals surface area contributed by atoms with Gasteiger partial charge in [-0.25, -0.2) is 0 Å². The monoisotopic (exact) mass is 327 g/mol. The number of anilines is 1. The van der Waals surface area contributed by atoms with Crippen molar-refractivity contribution in [3.63, 3.8) is 0 Å². The van der Waals surface area contributed by atoms with Crippen LogP contribution < -0.4 is 5.73 Å². The lowest BCUT2D eigenvalue weighted by Crippen LogP contribution is -2.13. The molecule has 92 valence electrons. The number of benzene rings is 1. The number of rotatable bonds is 0. The molecule has 2 heterocycles. The van der Waals surface area contributed by atoms with E-state index >= 15 is 0 Å². The van der Waals surface area contributed by atoms with Crippen molar-refractivity contribution in [1.29, 1.82) is 0 Å². The number of sulfonamides is 1. The molecule has 0 radical (unpaired) electrons. The number of nitrogens with zero attached hydrogens (tertiary/aromatic N) is 4. The first kappa shape index (κ1) is 11.4. The molecule has 0 atom stereocenters. The van der Waals surface area contributed by atoms with Gasteiger partial charge in [0.25, 0.3) is 10.0 Å². The van der Waals surface area contributed by atoms with Crippen LogP contribution in [0.1, 0.15) is 5.56 Å². The Balaban J connectivity index is 2.30. The third-order valence-electron chi connectivity index (χ3n) is 2.40. The third kappa shape index (κ3) is 1.55. The molecule has 0 saturated heterocycles. The third-order valence-corrected chi connectivity index (χ3v) is 4.24. The van der Waals surface area contributed by atoms with Crippen molar-refractivity contribution >= 4 is 37.7 Å². The molecule has 7 nitrogen and oxygen atoms in total. The van der Waals surface area contributed by atoms with Gasteiger partial charge in [0.05, 0.1) is 0 Å². The lowest BCUT2D eigenvalue weighted by Gasteiger charge is -2.01. The molecule has 9 heteroatoms. The van der Waals surface area contributed by atoms with E-state index in [1.807, 2.05) is 0 Å². The highest BCUT2D eigenvalue weighted by molar-refractivity contribution is 9.10. The summed E-state index contributed by atoms with van der Waals surface area (Å²) in [7, 11) is -3.67. The van der Waals surface area contributed by atoms with E-state index < -0.39 is 10.0 Å². The maximum absolute atomic E-state index is 11.9. The zero-order valence-corrected chi connectivity index (χ0v) is 11.2. The summed E-state index contributed by atoms with van der Waals surface area (Å²) in [6.45, 7) is 0. The van der Waals surface area contributed by atoms with Crippen LogP contribution in [0.3, 0.4) is 0 Å². The Kier molecular flexibility index (Phi) is 2.29. The molecule has 18 heavy (non-hydrogen) atoms. The molecule has 1 aliphatic rings. The van der Waals surface area contributed by atoms with Crippen LogP contribution >= 0.6 is 15.9 Å². The Hall–Kier alpha value is -1.74. The summed E-state index contributed by atoms with van der Waals surface area (Å²) < 4.78 is 29.0. The molecule has 2 aromatic rings. The molecule has 0 aliphatic carbocycles. The lowest BCUT2D eigenvalue weighted by molar-refractivity contribution is 0.599. The van der Waals surface area contributed by atoms with Gasteiger partial charge in [-0.3, -0.25) is 0 Å². The van der Waals surface area contributed by atoms with Crippen LogP contribution in [-0.4, -0.2) is 29.0 Å². The minimum Gasteiger partial charge on any atom is -0.366 e. The molecule has 3 rings (SSSR count). The first-order chi connectivity index (χ1) is 8.49. The van der Waals surface area contributed by atoms with Crippen LogP contribution in [0, 0.1) is 0 Å². The van der Waals surface area contributed by atoms with Gasteiger partial charge in [-0.1, -0.05) is 12.1 Å². The van der Waals surface area contributed by atoms with E-state index in [0.29, 0.717) is 10.3 Å². The van der Waals surface area contributed by atoms with E-state index in [1.54, 1.807) is 18.2 Å². The number of fused-ring (bicyclic) bond motifs is 1. The second-order valence-corrected chi connectivity index (χ2v) is 5.82. The molecule has 0 amide bonds. The molecule has 1 aromatic carbocycles. The van der Waals surface area contributed by atoms with E-state index in [2.05, 4.69) is 30.4 Å². The molecule has 0 bridgehead atoms. The SMILES string of the molecule is Nc1nc(Br)n(C2=NS(=O)(=O)c3ccccc32)n1. The molecule has 2 N–H and O–H groups in total. The van der Waals surface area contributed by atoms with Gasteiger partial charge in [-0.05, 0) is 28.1 Å². The second kappa shape index (κ2) is 3.62. The van der Waals surface area contributed by atoms with Crippen molar-refractivity contribution in [3.8, 4) is 0 Å². The van der Waals surface area contributed by atoms with Crippen LogP contribution in [-0.2, 0) is 10.0 Å². The molecule has 1 aliphatic heterocycles. The summed E-state index contributed by atoms with van der Waals surface area (Å²) in [4.78, 5) is 4.00. The van der Waals surface area contributed by atoms with E-state index in [9.17, 15) is 8.42 Å². The van der Waals surface area contributed by atoms with Crippen molar-refractivity contribution in [2.45, 2.75) is 4.90 Å². The average molecular weight is 328 g/mol. The number of aromatic nitrogens is 3. The van der Waals surface area contributed by atoms with Crippen molar-refractivity contribution in [2.24, 2.45) is 4.40 Å². The smallest absolute Gasteiger partial charge is 0.285 e. The molecule has 0 spiro atoms. The van der Waals surface area contributed by atoms with Crippen LogP contribution in [0.4, 0.5) is 5.95 Å². The van der Waals surface area contributed by atoms with Gasteiger partial charge < -0.3 is 5.73 Å². The average Bonchev–Trinajstić information content (AvgIpc) is 2.78. The highest BCUT2D eigenvalue weighted by Gasteiger charge is 2.31.